The van der Waals surface area contributed by atoms with E-state index in [1.54, 1.807) is 0 Å². The second kappa shape index (κ2) is 22.8. The van der Waals surface area contributed by atoms with Crippen LogP contribution >= 0.6 is 15.9 Å². The fourth-order valence-electron chi connectivity index (χ4n) is 3.58. The van der Waals surface area contributed by atoms with Crippen LogP contribution in [0.4, 0.5) is 0 Å². The summed E-state index contributed by atoms with van der Waals surface area (Å²) < 4.78 is 18.8. The number of rotatable bonds is 24. The first-order valence-corrected chi connectivity index (χ1v) is 17.0. The summed E-state index contributed by atoms with van der Waals surface area (Å²) in [6.07, 6.45) is 21.5. The van der Waals surface area contributed by atoms with Crippen molar-refractivity contribution in [1.82, 2.24) is 0 Å². The van der Waals surface area contributed by atoms with Gasteiger partial charge in [-0.1, -0.05) is 107 Å². The molecule has 0 rings (SSSR count). The molecule has 0 N–H and O–H groups in total. The van der Waals surface area contributed by atoms with Gasteiger partial charge in [0.25, 0.3) is 0 Å². The molecule has 182 valence electrons. The zero-order valence-electron chi connectivity index (χ0n) is 20.8. The minimum Gasteiger partial charge on any atom is -0.394 e. The summed E-state index contributed by atoms with van der Waals surface area (Å²) in [6, 6.07) is 0. The molecule has 0 fully saturated rings. The van der Waals surface area contributed by atoms with Crippen LogP contribution in [-0.2, 0) is 13.6 Å². The number of alkyl halides is 1. The minimum atomic E-state index is -2.14. The molecule has 0 radical (unpaired) electrons. The Hall–Kier alpha value is 0.577. The molecule has 0 aliphatic carbocycles. The molecule has 0 bridgehead atoms. The van der Waals surface area contributed by atoms with Gasteiger partial charge in [-0.2, -0.15) is 0 Å². The molecule has 0 aromatic rings. The van der Waals surface area contributed by atoms with Crippen molar-refractivity contribution in [1.29, 1.82) is 0 Å². The standard InChI is InChI=1S/C25H53BrO3Si/c1-5-7-9-11-13-17-21-25(27-23-19-15-12-10-8-6-2)29-30(3,4)28-24-20-16-14-18-22-26/h25H,5-24H2,1-4H3. The molecule has 0 spiro atoms. The first-order valence-electron chi connectivity index (χ1n) is 13.0. The van der Waals surface area contributed by atoms with Crippen molar-refractivity contribution in [2.45, 2.75) is 142 Å². The van der Waals surface area contributed by atoms with E-state index in [1.807, 2.05) is 0 Å². The SMILES string of the molecule is CCCCCCCCOC(CCCCCCCC)O[Si](C)(C)OCCCCCCBr. The van der Waals surface area contributed by atoms with E-state index in [4.69, 9.17) is 13.6 Å². The van der Waals surface area contributed by atoms with Crippen LogP contribution in [0.1, 0.15) is 123 Å². The van der Waals surface area contributed by atoms with Crippen molar-refractivity contribution in [3.05, 3.63) is 0 Å². The van der Waals surface area contributed by atoms with Gasteiger partial charge in [0, 0.05) is 18.5 Å². The largest absolute Gasteiger partial charge is 0.394 e. The monoisotopic (exact) mass is 508 g/mol. The molecule has 0 aromatic heterocycles. The van der Waals surface area contributed by atoms with Gasteiger partial charge in [-0.15, -0.1) is 0 Å². The van der Waals surface area contributed by atoms with Gasteiger partial charge < -0.3 is 13.6 Å². The fraction of sp³-hybridized carbons (Fsp3) is 1.00. The average Bonchev–Trinajstić information content (AvgIpc) is 2.72. The Morgan fingerprint density at radius 3 is 1.73 bits per heavy atom. The number of hydrogen-bond acceptors (Lipinski definition) is 3. The smallest absolute Gasteiger partial charge is 0.333 e. The van der Waals surface area contributed by atoms with Crippen molar-refractivity contribution in [2.75, 3.05) is 18.5 Å². The highest BCUT2D eigenvalue weighted by Crippen LogP contribution is 2.18. The van der Waals surface area contributed by atoms with Gasteiger partial charge in [0.2, 0.25) is 0 Å². The average molecular weight is 510 g/mol. The van der Waals surface area contributed by atoms with E-state index in [1.165, 1.54) is 89.9 Å². The van der Waals surface area contributed by atoms with Crippen LogP contribution in [0.3, 0.4) is 0 Å². The van der Waals surface area contributed by atoms with E-state index in [9.17, 15) is 0 Å². The van der Waals surface area contributed by atoms with E-state index >= 15 is 0 Å². The minimum absolute atomic E-state index is 0.0816. The third-order valence-electron chi connectivity index (χ3n) is 5.49. The zero-order valence-corrected chi connectivity index (χ0v) is 23.4. The Labute approximate surface area is 198 Å². The van der Waals surface area contributed by atoms with Gasteiger partial charge in [-0.3, -0.25) is 0 Å². The Bertz CT molecular complexity index is 342. The Kier molecular flexibility index (Phi) is 23.2. The topological polar surface area (TPSA) is 27.7 Å². The number of unbranched alkanes of at least 4 members (excludes halogenated alkanes) is 13. The maximum Gasteiger partial charge on any atom is 0.333 e. The fourth-order valence-corrected chi connectivity index (χ4v) is 5.50. The molecular formula is C25H53BrO3Si. The molecule has 0 aliphatic rings. The van der Waals surface area contributed by atoms with E-state index in [0.29, 0.717) is 0 Å². The molecule has 5 heteroatoms. The van der Waals surface area contributed by atoms with Gasteiger partial charge in [0.1, 0.15) is 6.29 Å². The van der Waals surface area contributed by atoms with E-state index in [0.717, 1.165) is 37.8 Å². The highest BCUT2D eigenvalue weighted by atomic mass is 79.9. The molecule has 3 nitrogen and oxygen atoms in total. The predicted molar refractivity (Wildman–Crippen MR) is 138 cm³/mol. The summed E-state index contributed by atoms with van der Waals surface area (Å²) in [5.41, 5.74) is 0. The van der Waals surface area contributed by atoms with Crippen LogP contribution in [0.15, 0.2) is 0 Å². The van der Waals surface area contributed by atoms with Crippen molar-refractivity contribution in [3.8, 4) is 0 Å². The lowest BCUT2D eigenvalue weighted by Gasteiger charge is -2.29. The predicted octanol–water partition coefficient (Wildman–Crippen LogP) is 9.13. The second-order valence-corrected chi connectivity index (χ2v) is 13.2. The van der Waals surface area contributed by atoms with Gasteiger partial charge >= 0.3 is 8.56 Å². The summed E-state index contributed by atoms with van der Waals surface area (Å²) in [6.45, 7) is 10.5. The third-order valence-corrected chi connectivity index (χ3v) is 7.78. The molecule has 1 atom stereocenters. The van der Waals surface area contributed by atoms with E-state index in [-0.39, 0.29) is 6.29 Å². The van der Waals surface area contributed by atoms with Crippen molar-refractivity contribution in [3.63, 3.8) is 0 Å². The van der Waals surface area contributed by atoms with Crippen LogP contribution in [-0.4, -0.2) is 33.4 Å². The Morgan fingerprint density at radius 1 is 0.633 bits per heavy atom. The molecule has 0 heterocycles. The summed E-state index contributed by atoms with van der Waals surface area (Å²) in [4.78, 5) is 0. The quantitative estimate of drug-likeness (QED) is 0.0562. The Balaban J connectivity index is 4.19. The highest BCUT2D eigenvalue weighted by molar-refractivity contribution is 9.09. The second-order valence-electron chi connectivity index (χ2n) is 9.09. The molecule has 0 aliphatic heterocycles. The summed E-state index contributed by atoms with van der Waals surface area (Å²) in [5, 5.41) is 1.10. The highest BCUT2D eigenvalue weighted by Gasteiger charge is 2.29. The van der Waals surface area contributed by atoms with Crippen molar-refractivity contribution < 1.29 is 13.6 Å². The molecule has 30 heavy (non-hydrogen) atoms. The normalized spacial score (nSPS) is 13.1. The first-order chi connectivity index (χ1) is 14.6. The lowest BCUT2D eigenvalue weighted by atomic mass is 10.1. The van der Waals surface area contributed by atoms with Crippen LogP contribution in [0.25, 0.3) is 0 Å². The summed E-state index contributed by atoms with van der Waals surface area (Å²) in [7, 11) is -2.14. The lowest BCUT2D eigenvalue weighted by Crippen LogP contribution is -2.40. The zero-order chi connectivity index (χ0) is 22.3. The summed E-state index contributed by atoms with van der Waals surface area (Å²) in [5.74, 6) is 0. The molecular weight excluding hydrogens is 456 g/mol. The Morgan fingerprint density at radius 2 is 1.13 bits per heavy atom. The van der Waals surface area contributed by atoms with Crippen LogP contribution in [0.5, 0.6) is 0 Å². The van der Waals surface area contributed by atoms with Gasteiger partial charge in [0.05, 0.1) is 0 Å². The van der Waals surface area contributed by atoms with E-state index in [2.05, 4.69) is 42.9 Å². The van der Waals surface area contributed by atoms with Crippen molar-refractivity contribution >= 4 is 24.5 Å². The number of hydrogen-bond donors (Lipinski definition) is 0. The third kappa shape index (κ3) is 21.8. The van der Waals surface area contributed by atoms with Crippen molar-refractivity contribution in [2.24, 2.45) is 0 Å². The first kappa shape index (κ1) is 30.6. The van der Waals surface area contributed by atoms with Crippen LogP contribution < -0.4 is 0 Å². The molecule has 0 saturated carbocycles. The molecule has 0 amide bonds. The van der Waals surface area contributed by atoms with Gasteiger partial charge in [-0.25, -0.2) is 0 Å². The molecule has 0 saturated heterocycles. The maximum absolute atomic E-state index is 6.43. The lowest BCUT2D eigenvalue weighted by molar-refractivity contribution is -0.104. The number of ether oxygens (including phenoxy) is 1. The van der Waals surface area contributed by atoms with E-state index < -0.39 is 8.56 Å². The molecule has 1 unspecified atom stereocenters. The molecule has 0 aromatic carbocycles. The summed E-state index contributed by atoms with van der Waals surface area (Å²) >= 11 is 3.50. The van der Waals surface area contributed by atoms with Crippen LogP contribution in [0, 0.1) is 0 Å². The number of halogens is 1. The van der Waals surface area contributed by atoms with Gasteiger partial charge in [-0.05, 0) is 45.2 Å². The van der Waals surface area contributed by atoms with Gasteiger partial charge in [0.15, 0.2) is 0 Å². The maximum atomic E-state index is 6.43. The van der Waals surface area contributed by atoms with Crippen LogP contribution in [0.2, 0.25) is 13.1 Å².